The molecule has 1 amide bonds. The highest BCUT2D eigenvalue weighted by atomic mass is 35.5. The number of hydrogen-bond donors (Lipinski definition) is 0. The predicted octanol–water partition coefficient (Wildman–Crippen LogP) is 5.83. The van der Waals surface area contributed by atoms with Crippen molar-refractivity contribution in [3.8, 4) is 17.1 Å². The Kier molecular flexibility index (Phi) is 7.34. The number of benzene rings is 2. The fraction of sp³-hybridized carbons (Fsp3) is 0.280. The molecule has 9 heteroatoms. The largest absolute Gasteiger partial charge is 0.419 e. The first kappa shape index (κ1) is 24.0. The molecule has 0 spiro atoms. The van der Waals surface area contributed by atoms with Crippen molar-refractivity contribution in [2.45, 2.75) is 40.2 Å². The van der Waals surface area contributed by atoms with E-state index in [0.29, 0.717) is 33.9 Å². The Morgan fingerprint density at radius 2 is 1.79 bits per heavy atom. The smallest absolute Gasteiger partial charge is 0.249 e. The SMILES string of the molecule is CCCN(Cc1nnc(-c2ccccc2Cl)o1)C(=O)Cc1c(C)nn(-c2ccc(Cl)cc2)c1C. The van der Waals surface area contributed by atoms with Crippen molar-refractivity contribution in [1.82, 2.24) is 24.9 Å². The number of nitrogens with zero attached hydrogens (tertiary/aromatic N) is 5. The maximum atomic E-state index is 13.3. The Balaban J connectivity index is 1.52. The van der Waals surface area contributed by atoms with Gasteiger partial charge in [0.25, 0.3) is 0 Å². The zero-order chi connectivity index (χ0) is 24.2. The molecule has 0 saturated heterocycles. The van der Waals surface area contributed by atoms with Crippen LogP contribution in [-0.2, 0) is 17.8 Å². The standard InChI is InChI=1S/C25H25Cl2N5O2/c1-4-13-31(15-23-28-29-25(34-23)20-7-5-6-8-22(20)27)24(33)14-21-16(2)30-32(17(21)3)19-11-9-18(26)10-12-19/h5-12H,4,13-15H2,1-3H3. The van der Waals surface area contributed by atoms with Crippen molar-refractivity contribution in [2.75, 3.05) is 6.54 Å². The summed E-state index contributed by atoms with van der Waals surface area (Å²) in [6.07, 6.45) is 1.04. The molecular weight excluding hydrogens is 473 g/mol. The minimum atomic E-state index is -0.0267. The summed E-state index contributed by atoms with van der Waals surface area (Å²) in [5.74, 6) is 0.670. The highest BCUT2D eigenvalue weighted by Gasteiger charge is 2.22. The minimum Gasteiger partial charge on any atom is -0.419 e. The predicted molar refractivity (Wildman–Crippen MR) is 132 cm³/mol. The van der Waals surface area contributed by atoms with Crippen molar-refractivity contribution >= 4 is 29.1 Å². The van der Waals surface area contributed by atoms with Crippen LogP contribution < -0.4 is 0 Å². The van der Waals surface area contributed by atoms with Crippen LogP contribution in [0.25, 0.3) is 17.1 Å². The normalized spacial score (nSPS) is 11.1. The zero-order valence-electron chi connectivity index (χ0n) is 19.3. The van der Waals surface area contributed by atoms with Crippen molar-refractivity contribution in [2.24, 2.45) is 0 Å². The average molecular weight is 498 g/mol. The van der Waals surface area contributed by atoms with E-state index in [1.807, 2.05) is 67.9 Å². The summed E-state index contributed by atoms with van der Waals surface area (Å²) in [4.78, 5) is 15.0. The fourth-order valence-electron chi connectivity index (χ4n) is 3.81. The van der Waals surface area contributed by atoms with Gasteiger partial charge in [-0.1, -0.05) is 42.3 Å². The molecule has 0 aliphatic rings. The van der Waals surface area contributed by atoms with Crippen LogP contribution in [0.2, 0.25) is 10.0 Å². The number of aromatic nitrogens is 4. The van der Waals surface area contributed by atoms with Gasteiger partial charge in [0.05, 0.1) is 34.9 Å². The van der Waals surface area contributed by atoms with Gasteiger partial charge in [0.2, 0.25) is 17.7 Å². The number of aryl methyl sites for hydroxylation is 1. The Morgan fingerprint density at radius 1 is 1.06 bits per heavy atom. The van der Waals surface area contributed by atoms with Crippen LogP contribution in [0.5, 0.6) is 0 Å². The summed E-state index contributed by atoms with van der Waals surface area (Å²) in [7, 11) is 0. The first-order valence-corrected chi connectivity index (χ1v) is 11.8. The molecule has 7 nitrogen and oxygen atoms in total. The summed E-state index contributed by atoms with van der Waals surface area (Å²) < 4.78 is 7.66. The Morgan fingerprint density at radius 3 is 2.50 bits per heavy atom. The van der Waals surface area contributed by atoms with E-state index in [4.69, 9.17) is 27.6 Å². The van der Waals surface area contributed by atoms with Crippen LogP contribution >= 0.6 is 23.2 Å². The van der Waals surface area contributed by atoms with Crippen LogP contribution in [0.3, 0.4) is 0 Å². The third kappa shape index (κ3) is 5.16. The lowest BCUT2D eigenvalue weighted by molar-refractivity contribution is -0.131. The molecule has 0 fully saturated rings. The second kappa shape index (κ2) is 10.4. The lowest BCUT2D eigenvalue weighted by atomic mass is 10.1. The second-order valence-corrected chi connectivity index (χ2v) is 8.85. The first-order chi connectivity index (χ1) is 16.4. The molecule has 176 valence electrons. The summed E-state index contributed by atoms with van der Waals surface area (Å²) >= 11 is 12.3. The van der Waals surface area contributed by atoms with Crippen molar-refractivity contribution in [3.05, 3.63) is 81.4 Å². The molecule has 0 aliphatic heterocycles. The average Bonchev–Trinajstić information content (AvgIpc) is 3.39. The van der Waals surface area contributed by atoms with Gasteiger partial charge in [-0.05, 0) is 56.7 Å². The van der Waals surface area contributed by atoms with Gasteiger partial charge in [-0.3, -0.25) is 4.79 Å². The van der Waals surface area contributed by atoms with Crippen molar-refractivity contribution in [3.63, 3.8) is 0 Å². The Hall–Kier alpha value is -3.16. The lowest BCUT2D eigenvalue weighted by Gasteiger charge is -2.20. The summed E-state index contributed by atoms with van der Waals surface area (Å²) in [6, 6.07) is 14.7. The van der Waals surface area contributed by atoms with Crippen LogP contribution in [0.4, 0.5) is 0 Å². The molecule has 4 rings (SSSR count). The lowest BCUT2D eigenvalue weighted by Crippen LogP contribution is -2.33. The van der Waals surface area contributed by atoms with Crippen LogP contribution in [0.1, 0.15) is 36.2 Å². The topological polar surface area (TPSA) is 77.1 Å². The molecule has 2 heterocycles. The molecule has 34 heavy (non-hydrogen) atoms. The number of hydrogen-bond acceptors (Lipinski definition) is 5. The van der Waals surface area contributed by atoms with Gasteiger partial charge in [0.15, 0.2) is 0 Å². The van der Waals surface area contributed by atoms with E-state index in [-0.39, 0.29) is 18.9 Å². The van der Waals surface area contributed by atoms with E-state index in [9.17, 15) is 4.79 Å². The van der Waals surface area contributed by atoms with Crippen LogP contribution in [-0.4, -0.2) is 37.3 Å². The molecule has 0 bridgehead atoms. The van der Waals surface area contributed by atoms with E-state index < -0.39 is 0 Å². The minimum absolute atomic E-state index is 0.0267. The van der Waals surface area contributed by atoms with Crippen molar-refractivity contribution < 1.29 is 9.21 Å². The first-order valence-electron chi connectivity index (χ1n) is 11.0. The van der Waals surface area contributed by atoms with Crippen LogP contribution in [0.15, 0.2) is 52.9 Å². The third-order valence-corrected chi connectivity index (χ3v) is 6.17. The molecule has 4 aromatic rings. The number of rotatable bonds is 8. The molecule has 0 atom stereocenters. The third-order valence-electron chi connectivity index (χ3n) is 5.58. The number of carbonyl (C=O) groups is 1. The number of halogens is 2. The molecule has 0 saturated carbocycles. The Labute approximate surface area is 208 Å². The maximum absolute atomic E-state index is 13.3. The van der Waals surface area contributed by atoms with E-state index in [0.717, 1.165) is 29.1 Å². The zero-order valence-corrected chi connectivity index (χ0v) is 20.8. The van der Waals surface area contributed by atoms with Crippen molar-refractivity contribution in [1.29, 1.82) is 0 Å². The van der Waals surface area contributed by atoms with Gasteiger partial charge in [-0.15, -0.1) is 10.2 Å². The monoisotopic (exact) mass is 497 g/mol. The van der Waals surface area contributed by atoms with Gasteiger partial charge >= 0.3 is 0 Å². The molecule has 0 unspecified atom stereocenters. The van der Waals surface area contributed by atoms with Gasteiger partial charge in [0.1, 0.15) is 0 Å². The highest BCUT2D eigenvalue weighted by molar-refractivity contribution is 6.33. The quantitative estimate of drug-likeness (QED) is 0.306. The Bertz CT molecular complexity index is 1300. The van der Waals surface area contributed by atoms with E-state index in [2.05, 4.69) is 15.3 Å². The highest BCUT2D eigenvalue weighted by Crippen LogP contribution is 2.27. The summed E-state index contributed by atoms with van der Waals surface area (Å²) in [5.41, 5.74) is 4.20. The molecule has 2 aromatic heterocycles. The maximum Gasteiger partial charge on any atom is 0.249 e. The second-order valence-electron chi connectivity index (χ2n) is 8.01. The van der Waals surface area contributed by atoms with Gasteiger partial charge in [-0.2, -0.15) is 5.10 Å². The van der Waals surface area contributed by atoms with Gasteiger partial charge in [0, 0.05) is 22.8 Å². The van der Waals surface area contributed by atoms with E-state index >= 15 is 0 Å². The van der Waals surface area contributed by atoms with E-state index in [1.165, 1.54) is 0 Å². The van der Waals surface area contributed by atoms with Gasteiger partial charge < -0.3 is 9.32 Å². The molecular formula is C25H25Cl2N5O2. The molecule has 0 radical (unpaired) electrons. The molecule has 0 aliphatic carbocycles. The summed E-state index contributed by atoms with van der Waals surface area (Å²) in [5, 5.41) is 14.1. The summed E-state index contributed by atoms with van der Waals surface area (Å²) in [6.45, 7) is 6.72. The van der Waals surface area contributed by atoms with Crippen LogP contribution in [0, 0.1) is 13.8 Å². The van der Waals surface area contributed by atoms with Gasteiger partial charge in [-0.25, -0.2) is 4.68 Å². The molecule has 0 N–H and O–H groups in total. The molecule has 2 aromatic carbocycles. The number of carbonyl (C=O) groups excluding carboxylic acids is 1. The van der Waals surface area contributed by atoms with E-state index in [1.54, 1.807) is 11.0 Å². The fourth-order valence-corrected chi connectivity index (χ4v) is 4.16. The number of amides is 1.